The van der Waals surface area contributed by atoms with Gasteiger partial charge in [-0.1, -0.05) is 12.8 Å². The highest BCUT2D eigenvalue weighted by atomic mass is 19.4. The first-order chi connectivity index (χ1) is 8.87. The molecule has 19 heavy (non-hydrogen) atoms. The van der Waals surface area contributed by atoms with E-state index in [9.17, 15) is 17.6 Å². The van der Waals surface area contributed by atoms with Crippen LogP contribution < -0.4 is 10.5 Å². The van der Waals surface area contributed by atoms with E-state index < -0.39 is 24.0 Å². The summed E-state index contributed by atoms with van der Waals surface area (Å²) in [7, 11) is 0. The van der Waals surface area contributed by atoms with Gasteiger partial charge in [0.2, 0.25) is 0 Å². The molecular weight excluding hydrogens is 262 g/mol. The Labute approximate surface area is 108 Å². The Kier molecular flexibility index (Phi) is 3.99. The van der Waals surface area contributed by atoms with Gasteiger partial charge >= 0.3 is 6.36 Å². The molecule has 2 N–H and O–H groups in total. The van der Waals surface area contributed by atoms with E-state index in [0.717, 1.165) is 43.9 Å². The zero-order valence-electron chi connectivity index (χ0n) is 10.2. The molecule has 0 unspecified atom stereocenters. The summed E-state index contributed by atoms with van der Waals surface area (Å²) in [6, 6.07) is 2.38. The van der Waals surface area contributed by atoms with Gasteiger partial charge in [0.1, 0.15) is 11.6 Å². The Morgan fingerprint density at radius 2 is 1.84 bits per heavy atom. The van der Waals surface area contributed by atoms with Gasteiger partial charge in [-0.2, -0.15) is 0 Å². The van der Waals surface area contributed by atoms with Crippen LogP contribution in [0.25, 0.3) is 0 Å². The number of halogens is 4. The Hall–Kier alpha value is -1.30. The average molecular weight is 277 g/mol. The maximum absolute atomic E-state index is 13.7. The van der Waals surface area contributed by atoms with Crippen LogP contribution in [0.3, 0.4) is 0 Å². The van der Waals surface area contributed by atoms with Crippen LogP contribution in [-0.2, 0) is 0 Å². The zero-order valence-corrected chi connectivity index (χ0v) is 10.2. The molecular formula is C13H15F4NO. The molecule has 2 nitrogen and oxygen atoms in total. The standard InChI is InChI=1S/C13H15F4NO/c14-11-6-5-9(19-13(15,16)17)7-10(11)12(18)8-3-1-2-4-8/h5-8,12H,1-4,18H2/t12-/m1/s1. The quantitative estimate of drug-likeness (QED) is 0.850. The number of alkyl halides is 3. The molecule has 6 heteroatoms. The van der Waals surface area contributed by atoms with Crippen LogP contribution in [0.5, 0.6) is 5.75 Å². The molecule has 1 saturated carbocycles. The molecule has 1 aromatic rings. The van der Waals surface area contributed by atoms with E-state index in [4.69, 9.17) is 5.73 Å². The highest BCUT2D eigenvalue weighted by Gasteiger charge is 2.32. The summed E-state index contributed by atoms with van der Waals surface area (Å²) in [5.74, 6) is -0.901. The minimum Gasteiger partial charge on any atom is -0.406 e. The average Bonchev–Trinajstić information content (AvgIpc) is 2.82. The van der Waals surface area contributed by atoms with Gasteiger partial charge in [0, 0.05) is 11.6 Å². The number of benzene rings is 1. The number of ether oxygens (including phenoxy) is 1. The fourth-order valence-corrected chi connectivity index (χ4v) is 2.54. The molecule has 0 bridgehead atoms. The molecule has 0 aliphatic heterocycles. The van der Waals surface area contributed by atoms with Crippen molar-refractivity contribution in [2.24, 2.45) is 11.7 Å². The van der Waals surface area contributed by atoms with Gasteiger partial charge in [-0.3, -0.25) is 0 Å². The van der Waals surface area contributed by atoms with Crippen LogP contribution >= 0.6 is 0 Å². The summed E-state index contributed by atoms with van der Waals surface area (Å²) in [5, 5.41) is 0. The molecule has 1 atom stereocenters. The van der Waals surface area contributed by atoms with E-state index in [1.807, 2.05) is 0 Å². The Morgan fingerprint density at radius 1 is 1.21 bits per heavy atom. The van der Waals surface area contributed by atoms with Gasteiger partial charge in [0.15, 0.2) is 0 Å². The number of rotatable bonds is 3. The van der Waals surface area contributed by atoms with Gasteiger partial charge in [0.05, 0.1) is 0 Å². The molecule has 0 heterocycles. The van der Waals surface area contributed by atoms with Gasteiger partial charge in [0.25, 0.3) is 0 Å². The fraction of sp³-hybridized carbons (Fsp3) is 0.538. The number of hydrogen-bond acceptors (Lipinski definition) is 2. The second-order valence-electron chi connectivity index (χ2n) is 4.80. The van der Waals surface area contributed by atoms with Crippen LogP contribution in [0.15, 0.2) is 18.2 Å². The molecule has 1 aliphatic carbocycles. The minimum absolute atomic E-state index is 0.0913. The maximum atomic E-state index is 13.7. The Morgan fingerprint density at radius 3 is 2.42 bits per heavy atom. The molecule has 2 rings (SSSR count). The lowest BCUT2D eigenvalue weighted by Crippen LogP contribution is -2.21. The molecule has 0 radical (unpaired) electrons. The van der Waals surface area contributed by atoms with Crippen molar-refractivity contribution in [2.75, 3.05) is 0 Å². The first-order valence-corrected chi connectivity index (χ1v) is 6.17. The van der Waals surface area contributed by atoms with E-state index in [1.165, 1.54) is 0 Å². The highest BCUT2D eigenvalue weighted by Crippen LogP contribution is 2.36. The van der Waals surface area contributed by atoms with Crippen molar-refractivity contribution in [1.82, 2.24) is 0 Å². The maximum Gasteiger partial charge on any atom is 0.573 e. The van der Waals surface area contributed by atoms with Crippen LogP contribution in [0.1, 0.15) is 37.3 Å². The molecule has 1 aromatic carbocycles. The van der Waals surface area contributed by atoms with E-state index >= 15 is 0 Å². The van der Waals surface area contributed by atoms with Gasteiger partial charge in [-0.05, 0) is 37.0 Å². The van der Waals surface area contributed by atoms with Crippen molar-refractivity contribution in [3.05, 3.63) is 29.6 Å². The van der Waals surface area contributed by atoms with Crippen molar-refractivity contribution in [2.45, 2.75) is 38.1 Å². The zero-order chi connectivity index (χ0) is 14.0. The fourth-order valence-electron chi connectivity index (χ4n) is 2.54. The summed E-state index contributed by atoms with van der Waals surface area (Å²) in [5.41, 5.74) is 6.05. The Balaban J connectivity index is 2.21. The first kappa shape index (κ1) is 14.1. The van der Waals surface area contributed by atoms with Crippen molar-refractivity contribution < 1.29 is 22.3 Å². The molecule has 1 aliphatic rings. The van der Waals surface area contributed by atoms with Crippen LogP contribution in [0.2, 0.25) is 0 Å². The Bertz CT molecular complexity index is 441. The third kappa shape index (κ3) is 3.59. The second kappa shape index (κ2) is 5.36. The molecule has 0 spiro atoms. The topological polar surface area (TPSA) is 35.2 Å². The van der Waals surface area contributed by atoms with Crippen molar-refractivity contribution >= 4 is 0 Å². The summed E-state index contributed by atoms with van der Waals surface area (Å²) in [6.45, 7) is 0. The molecule has 0 amide bonds. The third-order valence-electron chi connectivity index (χ3n) is 3.47. The molecule has 106 valence electrons. The third-order valence-corrected chi connectivity index (χ3v) is 3.47. The molecule has 1 fully saturated rings. The van der Waals surface area contributed by atoms with Crippen LogP contribution in [0.4, 0.5) is 17.6 Å². The van der Waals surface area contributed by atoms with Gasteiger partial charge in [-0.15, -0.1) is 13.2 Å². The van der Waals surface area contributed by atoms with E-state index in [0.29, 0.717) is 0 Å². The number of nitrogens with two attached hydrogens (primary N) is 1. The summed E-state index contributed by atoms with van der Waals surface area (Å²) in [6.07, 6.45) is -0.972. The predicted octanol–water partition coefficient (Wildman–Crippen LogP) is 3.91. The second-order valence-corrected chi connectivity index (χ2v) is 4.80. The smallest absolute Gasteiger partial charge is 0.406 e. The largest absolute Gasteiger partial charge is 0.573 e. The summed E-state index contributed by atoms with van der Waals surface area (Å²) < 4.78 is 53.9. The molecule has 0 aromatic heterocycles. The predicted molar refractivity (Wildman–Crippen MR) is 62.0 cm³/mol. The highest BCUT2D eigenvalue weighted by molar-refractivity contribution is 5.32. The summed E-state index contributed by atoms with van der Waals surface area (Å²) in [4.78, 5) is 0. The number of hydrogen-bond donors (Lipinski definition) is 1. The minimum atomic E-state index is -4.79. The lowest BCUT2D eigenvalue weighted by molar-refractivity contribution is -0.274. The van der Waals surface area contributed by atoms with Crippen molar-refractivity contribution in [3.63, 3.8) is 0 Å². The SMILES string of the molecule is N[C@@H](c1cc(OC(F)(F)F)ccc1F)C1CCCC1. The summed E-state index contributed by atoms with van der Waals surface area (Å²) >= 11 is 0. The van der Waals surface area contributed by atoms with Gasteiger partial charge < -0.3 is 10.5 Å². The normalized spacial score (nSPS) is 18.6. The van der Waals surface area contributed by atoms with Crippen LogP contribution in [0, 0.1) is 11.7 Å². The van der Waals surface area contributed by atoms with E-state index in [-0.39, 0.29) is 11.5 Å². The lowest BCUT2D eigenvalue weighted by atomic mass is 9.92. The van der Waals surface area contributed by atoms with Crippen molar-refractivity contribution in [3.8, 4) is 5.75 Å². The first-order valence-electron chi connectivity index (χ1n) is 6.17. The monoisotopic (exact) mass is 277 g/mol. The van der Waals surface area contributed by atoms with E-state index in [1.54, 1.807) is 0 Å². The van der Waals surface area contributed by atoms with Crippen LogP contribution in [-0.4, -0.2) is 6.36 Å². The van der Waals surface area contributed by atoms with Crippen molar-refractivity contribution in [1.29, 1.82) is 0 Å². The lowest BCUT2D eigenvalue weighted by Gasteiger charge is -2.20. The molecule has 0 saturated heterocycles. The van der Waals surface area contributed by atoms with E-state index in [2.05, 4.69) is 4.74 Å². The van der Waals surface area contributed by atoms with Gasteiger partial charge in [-0.25, -0.2) is 4.39 Å².